The number of rotatable bonds is 4. The van der Waals surface area contributed by atoms with Crippen LogP contribution in [-0.2, 0) is 11.2 Å². The van der Waals surface area contributed by atoms with Gasteiger partial charge in [-0.15, -0.1) is 0 Å². The van der Waals surface area contributed by atoms with Gasteiger partial charge < -0.3 is 4.52 Å². The molecule has 0 spiro atoms. The van der Waals surface area contributed by atoms with Crippen LogP contribution in [0.25, 0.3) is 22.4 Å². The van der Waals surface area contributed by atoms with Crippen LogP contribution in [0.3, 0.4) is 0 Å². The van der Waals surface area contributed by atoms with E-state index in [1.807, 2.05) is 36.4 Å². The highest BCUT2D eigenvalue weighted by Gasteiger charge is 2.30. The highest BCUT2D eigenvalue weighted by Crippen LogP contribution is 2.31. The molecule has 1 fully saturated rings. The summed E-state index contributed by atoms with van der Waals surface area (Å²) in [5, 5.41) is 4.99. The lowest BCUT2D eigenvalue weighted by atomic mass is 10.2. The van der Waals surface area contributed by atoms with E-state index < -0.39 is 0 Å². The van der Waals surface area contributed by atoms with Crippen LogP contribution in [0, 0.1) is 5.92 Å². The number of hydrogen-bond acceptors (Lipinski definition) is 5. The molecular formula is C16H13N3O2. The fourth-order valence-electron chi connectivity index (χ4n) is 2.32. The van der Waals surface area contributed by atoms with Gasteiger partial charge in [0.2, 0.25) is 11.7 Å². The van der Waals surface area contributed by atoms with Gasteiger partial charge in [-0.05, 0) is 25.0 Å². The van der Waals surface area contributed by atoms with Crippen LogP contribution in [0.15, 0.2) is 40.9 Å². The molecule has 0 bridgehead atoms. The van der Waals surface area contributed by atoms with Crippen molar-refractivity contribution in [3.63, 3.8) is 0 Å². The van der Waals surface area contributed by atoms with Crippen LogP contribution in [0.1, 0.15) is 18.7 Å². The van der Waals surface area contributed by atoms with Crippen LogP contribution < -0.4 is 0 Å². The van der Waals surface area contributed by atoms with Gasteiger partial charge >= 0.3 is 0 Å². The molecule has 2 heterocycles. The van der Waals surface area contributed by atoms with E-state index in [1.54, 1.807) is 0 Å². The maximum atomic E-state index is 11.8. The molecule has 104 valence electrons. The zero-order valence-electron chi connectivity index (χ0n) is 11.3. The second-order valence-electron chi connectivity index (χ2n) is 5.32. The van der Waals surface area contributed by atoms with Gasteiger partial charge in [-0.1, -0.05) is 29.4 Å². The topological polar surface area (TPSA) is 68.9 Å². The van der Waals surface area contributed by atoms with Gasteiger partial charge in [-0.3, -0.25) is 4.79 Å². The summed E-state index contributed by atoms with van der Waals surface area (Å²) in [6.45, 7) is 0. The molecule has 0 atom stereocenters. The predicted octanol–water partition coefficient (Wildman–Crippen LogP) is 2.81. The van der Waals surface area contributed by atoms with E-state index in [9.17, 15) is 4.79 Å². The summed E-state index contributed by atoms with van der Waals surface area (Å²) in [6, 6.07) is 11.7. The van der Waals surface area contributed by atoms with Gasteiger partial charge in [-0.25, -0.2) is 4.98 Å². The maximum Gasteiger partial charge on any atom is 0.234 e. The third kappa shape index (κ3) is 2.42. The summed E-state index contributed by atoms with van der Waals surface area (Å²) in [5.74, 6) is 1.20. The van der Waals surface area contributed by atoms with Crippen molar-refractivity contribution in [2.24, 2.45) is 5.92 Å². The first-order valence-corrected chi connectivity index (χ1v) is 7.01. The summed E-state index contributed by atoms with van der Waals surface area (Å²) in [5.41, 5.74) is 1.54. The highest BCUT2D eigenvalue weighted by atomic mass is 16.5. The number of carbonyl (C=O) groups excluding carboxylic acids is 1. The van der Waals surface area contributed by atoms with E-state index in [2.05, 4.69) is 15.1 Å². The maximum absolute atomic E-state index is 11.8. The lowest BCUT2D eigenvalue weighted by molar-refractivity contribution is -0.119. The lowest BCUT2D eigenvalue weighted by Crippen LogP contribution is -2.04. The summed E-state index contributed by atoms with van der Waals surface area (Å²) in [6.07, 6.45) is 2.21. The molecule has 0 N–H and O–H groups in total. The van der Waals surface area contributed by atoms with E-state index in [4.69, 9.17) is 4.52 Å². The Balaban J connectivity index is 1.62. The van der Waals surface area contributed by atoms with Crippen molar-refractivity contribution in [2.45, 2.75) is 19.3 Å². The quantitative estimate of drug-likeness (QED) is 0.734. The molecule has 0 saturated heterocycles. The van der Waals surface area contributed by atoms with Crippen molar-refractivity contribution in [1.82, 2.24) is 15.1 Å². The molecule has 4 rings (SSSR count). The average molecular weight is 279 g/mol. The Bertz CT molecular complexity index is 821. The normalized spacial score (nSPS) is 14.5. The first-order valence-electron chi connectivity index (χ1n) is 7.01. The van der Waals surface area contributed by atoms with E-state index >= 15 is 0 Å². The van der Waals surface area contributed by atoms with Gasteiger partial charge in [0.25, 0.3) is 0 Å². The Labute approximate surface area is 121 Å². The van der Waals surface area contributed by atoms with Crippen molar-refractivity contribution in [2.75, 3.05) is 0 Å². The number of ketones is 1. The second kappa shape index (κ2) is 4.77. The minimum atomic E-state index is 0.191. The molecule has 2 aromatic heterocycles. The summed E-state index contributed by atoms with van der Waals surface area (Å²) in [4.78, 5) is 20.5. The Morgan fingerprint density at radius 1 is 1.14 bits per heavy atom. The fourth-order valence-corrected chi connectivity index (χ4v) is 2.32. The van der Waals surface area contributed by atoms with E-state index in [1.165, 1.54) is 0 Å². The predicted molar refractivity (Wildman–Crippen MR) is 76.5 cm³/mol. The molecule has 0 radical (unpaired) electrons. The van der Waals surface area contributed by atoms with Crippen LogP contribution in [0.5, 0.6) is 0 Å². The van der Waals surface area contributed by atoms with E-state index in [0.717, 1.165) is 23.7 Å². The fraction of sp³-hybridized carbons (Fsp3) is 0.250. The van der Waals surface area contributed by atoms with Crippen molar-refractivity contribution >= 4 is 16.7 Å². The minimum absolute atomic E-state index is 0.191. The largest absolute Gasteiger partial charge is 0.338 e. The molecule has 0 unspecified atom stereocenters. The third-order valence-corrected chi connectivity index (χ3v) is 3.65. The Kier molecular flexibility index (Phi) is 2.77. The zero-order chi connectivity index (χ0) is 14.2. The van der Waals surface area contributed by atoms with Crippen LogP contribution >= 0.6 is 0 Å². The van der Waals surface area contributed by atoms with Gasteiger partial charge in [-0.2, -0.15) is 4.98 Å². The van der Waals surface area contributed by atoms with E-state index in [0.29, 0.717) is 17.4 Å². The first-order chi connectivity index (χ1) is 10.3. The Morgan fingerprint density at radius 2 is 2.00 bits per heavy atom. The number of para-hydroxylation sites is 1. The number of nitrogens with zero attached hydrogens (tertiary/aromatic N) is 3. The molecule has 0 aliphatic heterocycles. The SMILES string of the molecule is O=C(Cc1nc(-c2ccc3ccccc3n2)no1)C1CC1. The molecule has 5 heteroatoms. The van der Waals surface area contributed by atoms with Gasteiger partial charge in [0.1, 0.15) is 11.5 Å². The van der Waals surface area contributed by atoms with Crippen molar-refractivity contribution in [3.8, 4) is 11.5 Å². The number of benzene rings is 1. The number of pyridine rings is 1. The number of Topliss-reactive ketones (excluding diaryl/α,β-unsaturated/α-hetero) is 1. The standard InChI is InChI=1S/C16H13N3O2/c20-14(11-5-6-11)9-15-18-16(19-21-15)13-8-7-10-3-1-2-4-12(10)17-13/h1-4,7-8,11H,5-6,9H2. The molecule has 1 aliphatic carbocycles. The molecular weight excluding hydrogens is 266 g/mol. The van der Waals surface area contributed by atoms with Crippen molar-refractivity contribution in [3.05, 3.63) is 42.3 Å². The van der Waals surface area contributed by atoms with Gasteiger partial charge in [0.05, 0.1) is 11.9 Å². The van der Waals surface area contributed by atoms with Crippen molar-refractivity contribution in [1.29, 1.82) is 0 Å². The van der Waals surface area contributed by atoms with Gasteiger partial charge in [0, 0.05) is 11.3 Å². The lowest BCUT2D eigenvalue weighted by Gasteiger charge is -1.98. The molecule has 1 aliphatic rings. The zero-order valence-corrected chi connectivity index (χ0v) is 11.3. The van der Waals surface area contributed by atoms with Crippen LogP contribution in [0.4, 0.5) is 0 Å². The summed E-state index contributed by atoms with van der Waals surface area (Å²) < 4.78 is 5.16. The monoisotopic (exact) mass is 279 g/mol. The van der Waals surface area contributed by atoms with Crippen molar-refractivity contribution < 1.29 is 9.32 Å². The Morgan fingerprint density at radius 3 is 2.86 bits per heavy atom. The summed E-state index contributed by atoms with van der Waals surface area (Å²) in [7, 11) is 0. The molecule has 1 saturated carbocycles. The number of fused-ring (bicyclic) bond motifs is 1. The average Bonchev–Trinajstić information content (AvgIpc) is 3.27. The van der Waals surface area contributed by atoms with E-state index in [-0.39, 0.29) is 18.1 Å². The van der Waals surface area contributed by atoms with Crippen LogP contribution in [0.2, 0.25) is 0 Å². The molecule has 21 heavy (non-hydrogen) atoms. The second-order valence-corrected chi connectivity index (χ2v) is 5.32. The van der Waals surface area contributed by atoms with Crippen LogP contribution in [-0.4, -0.2) is 20.9 Å². The summed E-state index contributed by atoms with van der Waals surface area (Å²) >= 11 is 0. The number of carbonyl (C=O) groups is 1. The number of hydrogen-bond donors (Lipinski definition) is 0. The third-order valence-electron chi connectivity index (χ3n) is 3.65. The molecule has 5 nitrogen and oxygen atoms in total. The minimum Gasteiger partial charge on any atom is -0.338 e. The highest BCUT2D eigenvalue weighted by molar-refractivity contribution is 5.84. The number of aromatic nitrogens is 3. The first kappa shape index (κ1) is 12.2. The smallest absolute Gasteiger partial charge is 0.234 e. The molecule has 0 amide bonds. The van der Waals surface area contributed by atoms with Gasteiger partial charge in [0.15, 0.2) is 0 Å². The molecule has 1 aromatic carbocycles. The molecule has 3 aromatic rings. The Hall–Kier alpha value is -2.56.